The van der Waals surface area contributed by atoms with E-state index in [0.29, 0.717) is 17.0 Å². The third-order valence-corrected chi connectivity index (χ3v) is 5.37. The Morgan fingerprint density at radius 1 is 1.26 bits per heavy atom. The molecule has 2 aromatic carbocycles. The molecule has 0 bridgehead atoms. The van der Waals surface area contributed by atoms with Gasteiger partial charge in [-0.3, -0.25) is 9.59 Å². The molecule has 1 aromatic heterocycles. The number of anilines is 1. The number of carbonyl (C=O) groups is 2. The van der Waals surface area contributed by atoms with Crippen molar-refractivity contribution in [2.24, 2.45) is 0 Å². The number of nitrogens with zero attached hydrogens (tertiary/aromatic N) is 3. The van der Waals surface area contributed by atoms with Gasteiger partial charge in [0.25, 0.3) is 5.91 Å². The zero-order valence-electron chi connectivity index (χ0n) is 14.5. The molecule has 0 saturated heterocycles. The van der Waals surface area contributed by atoms with Crippen LogP contribution in [0.25, 0.3) is 5.69 Å². The summed E-state index contributed by atoms with van der Waals surface area (Å²) < 4.78 is 1.67. The van der Waals surface area contributed by atoms with Crippen LogP contribution in [0, 0.1) is 0 Å². The van der Waals surface area contributed by atoms with Crippen molar-refractivity contribution in [2.75, 3.05) is 11.1 Å². The molecule has 3 aromatic rings. The minimum atomic E-state index is -0.185. The Kier molecular flexibility index (Phi) is 4.64. The lowest BCUT2D eigenvalue weighted by molar-refractivity contribution is -0.113. The second-order valence-electron chi connectivity index (χ2n) is 6.17. The number of hydrogen-bond donors (Lipinski definition) is 2. The van der Waals surface area contributed by atoms with Gasteiger partial charge in [0.1, 0.15) is 12.7 Å². The highest BCUT2D eigenvalue weighted by atomic mass is 32.2. The molecule has 1 aliphatic heterocycles. The molecule has 0 spiro atoms. The number of amides is 2. The molecule has 2 heterocycles. The van der Waals surface area contributed by atoms with Crippen LogP contribution in [0.3, 0.4) is 0 Å². The van der Waals surface area contributed by atoms with Crippen molar-refractivity contribution >= 4 is 29.3 Å². The molecule has 136 valence electrons. The van der Waals surface area contributed by atoms with Gasteiger partial charge in [0.2, 0.25) is 5.91 Å². The normalized spacial score (nSPS) is 14.2. The van der Waals surface area contributed by atoms with E-state index < -0.39 is 0 Å². The Labute approximate surface area is 160 Å². The van der Waals surface area contributed by atoms with Gasteiger partial charge in [-0.2, -0.15) is 5.10 Å². The maximum Gasteiger partial charge on any atom is 0.251 e. The predicted octanol–water partition coefficient (Wildman–Crippen LogP) is 2.80. The maximum absolute atomic E-state index is 12.6. The summed E-state index contributed by atoms with van der Waals surface area (Å²) >= 11 is 1.47. The Hall–Kier alpha value is -3.13. The molecular formula is C19H17N5O2S. The molecule has 1 atom stereocenters. The predicted molar refractivity (Wildman–Crippen MR) is 103 cm³/mol. The van der Waals surface area contributed by atoms with E-state index in [1.807, 2.05) is 37.3 Å². The van der Waals surface area contributed by atoms with E-state index in [1.165, 1.54) is 18.1 Å². The van der Waals surface area contributed by atoms with Gasteiger partial charge in [-0.25, -0.2) is 9.67 Å². The summed E-state index contributed by atoms with van der Waals surface area (Å²) in [5.41, 5.74) is 3.09. The summed E-state index contributed by atoms with van der Waals surface area (Å²) in [6, 6.07) is 13.0. The van der Waals surface area contributed by atoms with Crippen molar-refractivity contribution in [3.8, 4) is 5.69 Å². The monoisotopic (exact) mass is 379 g/mol. The SMILES string of the molecule is C[C@H](NC(=O)c1ccc2c(c1)NC(=O)CS2)c1ccc(-n2cncn2)cc1. The third-order valence-electron chi connectivity index (χ3n) is 4.30. The fraction of sp³-hybridized carbons (Fsp3) is 0.158. The fourth-order valence-corrected chi connectivity index (χ4v) is 3.63. The lowest BCUT2D eigenvalue weighted by Gasteiger charge is -2.18. The van der Waals surface area contributed by atoms with Crippen LogP contribution in [-0.4, -0.2) is 32.3 Å². The van der Waals surface area contributed by atoms with Crippen LogP contribution in [-0.2, 0) is 4.79 Å². The van der Waals surface area contributed by atoms with Gasteiger partial charge in [-0.15, -0.1) is 11.8 Å². The van der Waals surface area contributed by atoms with Crippen molar-refractivity contribution in [1.29, 1.82) is 0 Å². The molecule has 0 aliphatic carbocycles. The molecule has 0 fully saturated rings. The molecule has 2 N–H and O–H groups in total. The average molecular weight is 379 g/mol. The van der Waals surface area contributed by atoms with Crippen molar-refractivity contribution in [1.82, 2.24) is 20.1 Å². The van der Waals surface area contributed by atoms with Crippen molar-refractivity contribution in [3.05, 3.63) is 66.2 Å². The Morgan fingerprint density at radius 3 is 2.81 bits per heavy atom. The van der Waals surface area contributed by atoms with Crippen molar-refractivity contribution in [2.45, 2.75) is 17.9 Å². The minimum absolute atomic E-state index is 0.0501. The first-order chi connectivity index (χ1) is 13.1. The smallest absolute Gasteiger partial charge is 0.251 e. The Balaban J connectivity index is 1.46. The topological polar surface area (TPSA) is 88.9 Å². The van der Waals surface area contributed by atoms with E-state index >= 15 is 0 Å². The van der Waals surface area contributed by atoms with E-state index in [-0.39, 0.29) is 17.9 Å². The van der Waals surface area contributed by atoms with Gasteiger partial charge in [0.05, 0.1) is 23.2 Å². The fourth-order valence-electron chi connectivity index (χ4n) is 2.84. The first-order valence-electron chi connectivity index (χ1n) is 8.43. The van der Waals surface area contributed by atoms with Crippen molar-refractivity contribution in [3.63, 3.8) is 0 Å². The molecule has 2 amide bonds. The van der Waals surface area contributed by atoms with Crippen LogP contribution in [0.5, 0.6) is 0 Å². The van der Waals surface area contributed by atoms with Crippen LogP contribution >= 0.6 is 11.8 Å². The number of aromatic nitrogens is 3. The molecule has 0 radical (unpaired) electrons. The molecular weight excluding hydrogens is 362 g/mol. The molecule has 7 nitrogen and oxygen atoms in total. The molecule has 4 rings (SSSR count). The summed E-state index contributed by atoms with van der Waals surface area (Å²) in [5, 5.41) is 9.89. The van der Waals surface area contributed by atoms with E-state index in [0.717, 1.165) is 16.1 Å². The molecule has 27 heavy (non-hydrogen) atoms. The number of benzene rings is 2. The second-order valence-corrected chi connectivity index (χ2v) is 7.19. The van der Waals surface area contributed by atoms with Crippen LogP contribution in [0.2, 0.25) is 0 Å². The van der Waals surface area contributed by atoms with Gasteiger partial charge in [-0.05, 0) is 42.8 Å². The van der Waals surface area contributed by atoms with Gasteiger partial charge < -0.3 is 10.6 Å². The van der Waals surface area contributed by atoms with E-state index in [1.54, 1.807) is 23.1 Å². The van der Waals surface area contributed by atoms with Crippen LogP contribution < -0.4 is 10.6 Å². The quantitative estimate of drug-likeness (QED) is 0.728. The molecule has 1 aliphatic rings. The minimum Gasteiger partial charge on any atom is -0.346 e. The highest BCUT2D eigenvalue weighted by molar-refractivity contribution is 8.00. The van der Waals surface area contributed by atoms with Gasteiger partial charge in [0, 0.05) is 10.5 Å². The number of fused-ring (bicyclic) bond motifs is 1. The highest BCUT2D eigenvalue weighted by Gasteiger charge is 2.18. The largest absolute Gasteiger partial charge is 0.346 e. The van der Waals surface area contributed by atoms with Gasteiger partial charge in [-0.1, -0.05) is 12.1 Å². The third kappa shape index (κ3) is 3.70. The number of nitrogens with one attached hydrogen (secondary N) is 2. The zero-order chi connectivity index (χ0) is 18.8. The van der Waals surface area contributed by atoms with Gasteiger partial charge in [0.15, 0.2) is 0 Å². The van der Waals surface area contributed by atoms with Crippen LogP contribution in [0.15, 0.2) is 60.0 Å². The van der Waals surface area contributed by atoms with Crippen LogP contribution in [0.4, 0.5) is 5.69 Å². The van der Waals surface area contributed by atoms with Gasteiger partial charge >= 0.3 is 0 Å². The highest BCUT2D eigenvalue weighted by Crippen LogP contribution is 2.32. The van der Waals surface area contributed by atoms with E-state index in [4.69, 9.17) is 0 Å². The molecule has 0 saturated carbocycles. The number of rotatable bonds is 4. The molecule has 8 heteroatoms. The Morgan fingerprint density at radius 2 is 2.07 bits per heavy atom. The lowest BCUT2D eigenvalue weighted by atomic mass is 10.1. The summed E-state index contributed by atoms with van der Waals surface area (Å²) in [6.07, 6.45) is 3.11. The number of hydrogen-bond acceptors (Lipinski definition) is 5. The zero-order valence-corrected chi connectivity index (χ0v) is 15.4. The average Bonchev–Trinajstić information content (AvgIpc) is 3.22. The summed E-state index contributed by atoms with van der Waals surface area (Å²) in [4.78, 5) is 29.0. The van der Waals surface area contributed by atoms with E-state index in [9.17, 15) is 9.59 Å². The number of carbonyl (C=O) groups excluding carboxylic acids is 2. The first-order valence-corrected chi connectivity index (χ1v) is 9.41. The standard InChI is InChI=1S/C19H17N5O2S/c1-12(13-2-5-15(6-3-13)24-11-20-10-21-24)22-19(26)14-4-7-17-16(8-14)23-18(25)9-27-17/h2-8,10-12H,9H2,1H3,(H,22,26)(H,23,25)/t12-/m0/s1. The number of thioether (sulfide) groups is 1. The van der Waals surface area contributed by atoms with E-state index in [2.05, 4.69) is 20.7 Å². The molecule has 0 unspecified atom stereocenters. The Bertz CT molecular complexity index is 986. The lowest BCUT2D eigenvalue weighted by Crippen LogP contribution is -2.27. The summed E-state index contributed by atoms with van der Waals surface area (Å²) in [6.45, 7) is 1.93. The first kappa shape index (κ1) is 17.3. The summed E-state index contributed by atoms with van der Waals surface area (Å²) in [5.74, 6) is 0.168. The van der Waals surface area contributed by atoms with Crippen LogP contribution in [0.1, 0.15) is 28.9 Å². The van der Waals surface area contributed by atoms with Crippen molar-refractivity contribution < 1.29 is 9.59 Å². The second kappa shape index (κ2) is 7.24. The maximum atomic E-state index is 12.6. The summed E-state index contributed by atoms with van der Waals surface area (Å²) in [7, 11) is 0.